The third kappa shape index (κ3) is 4.60. The highest BCUT2D eigenvalue weighted by molar-refractivity contribution is 5.95. The van der Waals surface area contributed by atoms with Crippen molar-refractivity contribution in [2.24, 2.45) is 0 Å². The Kier molecular flexibility index (Phi) is 6.36. The summed E-state index contributed by atoms with van der Waals surface area (Å²) in [6, 6.07) is 13.0. The summed E-state index contributed by atoms with van der Waals surface area (Å²) in [4.78, 5) is 35.5. The Balaban J connectivity index is 1.70. The van der Waals surface area contributed by atoms with Crippen LogP contribution in [0.2, 0.25) is 0 Å². The Morgan fingerprint density at radius 1 is 0.933 bits per heavy atom. The maximum atomic E-state index is 12.2. The minimum absolute atomic E-state index is 0.317. The van der Waals surface area contributed by atoms with Crippen LogP contribution in [-0.2, 0) is 20.9 Å². The molecule has 1 aliphatic heterocycles. The minimum Gasteiger partial charge on any atom is -0.489 e. The van der Waals surface area contributed by atoms with Gasteiger partial charge < -0.3 is 24.8 Å². The topological polar surface area (TPSA) is 103 Å². The summed E-state index contributed by atoms with van der Waals surface area (Å²) in [5.74, 6) is -0.282. The molecule has 8 nitrogen and oxygen atoms in total. The molecular formula is C22H22N2O6. The van der Waals surface area contributed by atoms with E-state index < -0.39 is 18.0 Å². The van der Waals surface area contributed by atoms with E-state index in [9.17, 15) is 14.4 Å². The Morgan fingerprint density at radius 3 is 2.17 bits per heavy atom. The van der Waals surface area contributed by atoms with E-state index in [0.29, 0.717) is 29.2 Å². The lowest BCUT2D eigenvalue weighted by Gasteiger charge is -2.27. The highest BCUT2D eigenvalue weighted by Crippen LogP contribution is 2.28. The summed E-state index contributed by atoms with van der Waals surface area (Å²) >= 11 is 0. The lowest BCUT2D eigenvalue weighted by atomic mass is 9.95. The second-order valence-electron chi connectivity index (χ2n) is 6.61. The van der Waals surface area contributed by atoms with Crippen molar-refractivity contribution in [3.05, 3.63) is 76.5 Å². The number of allylic oxidation sites excluding steroid dienone is 1. The number of nitrogens with one attached hydrogen (secondary N) is 2. The van der Waals surface area contributed by atoms with Crippen LogP contribution in [0.1, 0.15) is 34.5 Å². The molecule has 156 valence electrons. The number of esters is 2. The average molecular weight is 410 g/mol. The lowest BCUT2D eigenvalue weighted by Crippen LogP contribution is -2.45. The fourth-order valence-electron chi connectivity index (χ4n) is 3.10. The zero-order chi connectivity index (χ0) is 21.7. The average Bonchev–Trinajstić information content (AvgIpc) is 2.77. The summed E-state index contributed by atoms with van der Waals surface area (Å²) in [6.45, 7) is 1.97. The largest absolute Gasteiger partial charge is 0.489 e. The molecule has 0 saturated carbocycles. The van der Waals surface area contributed by atoms with Crippen molar-refractivity contribution in [3.8, 4) is 5.75 Å². The number of carbonyl (C=O) groups excluding carboxylic acids is 3. The summed E-state index contributed by atoms with van der Waals surface area (Å²) in [6.07, 6.45) is 0. The molecule has 0 bridgehead atoms. The molecule has 8 heteroatoms. The first-order valence-corrected chi connectivity index (χ1v) is 9.19. The Hall–Kier alpha value is -3.81. The van der Waals surface area contributed by atoms with Gasteiger partial charge in [0.15, 0.2) is 0 Å². The van der Waals surface area contributed by atoms with Gasteiger partial charge in [-0.15, -0.1) is 0 Å². The van der Waals surface area contributed by atoms with E-state index >= 15 is 0 Å². The first kappa shape index (κ1) is 20.9. The van der Waals surface area contributed by atoms with E-state index in [-0.39, 0.29) is 6.03 Å². The molecule has 1 heterocycles. The van der Waals surface area contributed by atoms with E-state index in [0.717, 1.165) is 11.1 Å². The molecule has 0 saturated heterocycles. The first-order chi connectivity index (χ1) is 14.4. The van der Waals surface area contributed by atoms with Gasteiger partial charge in [-0.25, -0.2) is 14.4 Å². The molecule has 2 aromatic rings. The first-order valence-electron chi connectivity index (χ1n) is 9.19. The quantitative estimate of drug-likeness (QED) is 0.710. The molecule has 30 heavy (non-hydrogen) atoms. The zero-order valence-corrected chi connectivity index (χ0v) is 16.9. The number of hydrogen-bond acceptors (Lipinski definition) is 6. The second-order valence-corrected chi connectivity index (χ2v) is 6.61. The van der Waals surface area contributed by atoms with Crippen LogP contribution in [0.5, 0.6) is 5.75 Å². The summed E-state index contributed by atoms with van der Waals surface area (Å²) in [7, 11) is 2.63. The third-order valence-corrected chi connectivity index (χ3v) is 4.67. The van der Waals surface area contributed by atoms with Gasteiger partial charge >= 0.3 is 18.0 Å². The fraction of sp³-hybridized carbons (Fsp3) is 0.227. The van der Waals surface area contributed by atoms with Gasteiger partial charge in [0.2, 0.25) is 0 Å². The molecule has 1 atom stereocenters. The van der Waals surface area contributed by atoms with Gasteiger partial charge in [0.1, 0.15) is 12.4 Å². The number of urea groups is 1. The molecule has 3 rings (SSSR count). The fourth-order valence-corrected chi connectivity index (χ4v) is 3.10. The van der Waals surface area contributed by atoms with Gasteiger partial charge in [0.05, 0.1) is 31.4 Å². The van der Waals surface area contributed by atoms with Crippen LogP contribution in [0.15, 0.2) is 59.8 Å². The van der Waals surface area contributed by atoms with Crippen molar-refractivity contribution in [3.63, 3.8) is 0 Å². The molecule has 2 N–H and O–H groups in total. The maximum absolute atomic E-state index is 12.2. The van der Waals surface area contributed by atoms with E-state index in [1.54, 1.807) is 55.5 Å². The number of methoxy groups -OCH3 is 2. The van der Waals surface area contributed by atoms with Crippen molar-refractivity contribution in [2.45, 2.75) is 19.6 Å². The third-order valence-electron chi connectivity index (χ3n) is 4.67. The van der Waals surface area contributed by atoms with Crippen LogP contribution in [-0.4, -0.2) is 32.2 Å². The summed E-state index contributed by atoms with van der Waals surface area (Å²) in [5.41, 5.74) is 2.88. The van der Waals surface area contributed by atoms with Gasteiger partial charge in [-0.2, -0.15) is 0 Å². The van der Waals surface area contributed by atoms with Crippen LogP contribution < -0.4 is 15.4 Å². The molecule has 0 spiro atoms. The number of hydrogen-bond donors (Lipinski definition) is 2. The number of benzene rings is 2. The lowest BCUT2D eigenvalue weighted by molar-refractivity contribution is -0.136. The van der Waals surface area contributed by atoms with Crippen molar-refractivity contribution in [2.75, 3.05) is 14.2 Å². The number of amides is 2. The number of rotatable bonds is 6. The number of ether oxygens (including phenoxy) is 3. The van der Waals surface area contributed by atoms with Crippen LogP contribution in [0.4, 0.5) is 4.79 Å². The van der Waals surface area contributed by atoms with E-state index in [4.69, 9.17) is 9.47 Å². The maximum Gasteiger partial charge on any atom is 0.337 e. The molecule has 0 radical (unpaired) electrons. The minimum atomic E-state index is -0.619. The molecule has 1 aliphatic rings. The Bertz CT molecular complexity index is 980. The highest BCUT2D eigenvalue weighted by Gasteiger charge is 2.31. The molecule has 0 fully saturated rings. The van der Waals surface area contributed by atoms with Crippen molar-refractivity contribution in [1.82, 2.24) is 10.6 Å². The van der Waals surface area contributed by atoms with Gasteiger partial charge in [0, 0.05) is 5.70 Å². The van der Waals surface area contributed by atoms with Gasteiger partial charge in [-0.1, -0.05) is 24.3 Å². The number of carbonyl (C=O) groups is 3. The van der Waals surface area contributed by atoms with E-state index in [1.165, 1.54) is 14.2 Å². The van der Waals surface area contributed by atoms with Crippen LogP contribution >= 0.6 is 0 Å². The Morgan fingerprint density at radius 2 is 1.57 bits per heavy atom. The SMILES string of the molecule is COC(=O)C1=C(C)NC(=O)N[C@H]1c1ccc(OCc2ccc(C(=O)OC)cc2)cc1. The molecular weight excluding hydrogens is 388 g/mol. The predicted octanol–water partition coefficient (Wildman–Crippen LogP) is 2.85. The van der Waals surface area contributed by atoms with Gasteiger partial charge in [0.25, 0.3) is 0 Å². The molecule has 2 aromatic carbocycles. The highest BCUT2D eigenvalue weighted by atomic mass is 16.5. The van der Waals surface area contributed by atoms with Gasteiger partial charge in [-0.05, 0) is 42.3 Å². The van der Waals surface area contributed by atoms with E-state index in [2.05, 4.69) is 15.4 Å². The monoisotopic (exact) mass is 410 g/mol. The van der Waals surface area contributed by atoms with Crippen LogP contribution in [0.25, 0.3) is 0 Å². The van der Waals surface area contributed by atoms with E-state index in [1.807, 2.05) is 0 Å². The predicted molar refractivity (Wildman–Crippen MR) is 108 cm³/mol. The standard InChI is InChI=1S/C22H22N2O6/c1-13-18(21(26)29-3)19(24-22(27)23-13)15-8-10-17(11-9-15)30-12-14-4-6-16(7-5-14)20(25)28-2/h4-11,19H,12H2,1-3H3,(H2,23,24,27)/t19-/m0/s1. The van der Waals surface area contributed by atoms with Crippen LogP contribution in [0, 0.1) is 0 Å². The zero-order valence-electron chi connectivity index (χ0n) is 16.9. The smallest absolute Gasteiger partial charge is 0.337 e. The van der Waals surface area contributed by atoms with Gasteiger partial charge in [-0.3, -0.25) is 0 Å². The molecule has 0 aromatic heterocycles. The summed E-state index contributed by atoms with van der Waals surface area (Å²) < 4.78 is 15.3. The Labute approximate surface area is 173 Å². The molecule has 0 aliphatic carbocycles. The van der Waals surface area contributed by atoms with Crippen molar-refractivity contribution < 1.29 is 28.6 Å². The normalized spacial score (nSPS) is 15.7. The van der Waals surface area contributed by atoms with Crippen LogP contribution in [0.3, 0.4) is 0 Å². The molecule has 0 unspecified atom stereocenters. The van der Waals surface area contributed by atoms with Crippen molar-refractivity contribution >= 4 is 18.0 Å². The van der Waals surface area contributed by atoms with Crippen molar-refractivity contribution in [1.29, 1.82) is 0 Å². The molecule has 2 amide bonds. The summed E-state index contributed by atoms with van der Waals surface area (Å²) in [5, 5.41) is 5.32. The second kappa shape index (κ2) is 9.13.